The highest BCUT2D eigenvalue weighted by Crippen LogP contribution is 2.60. The standard InChI is InChI=1S/C64H50N3OP/c1-69(2,68)60-56-22-12-10-20-54(56)58(55-21-11-13-23-57(55)60)44-29-34-49(35-30-44)64(40-41-24-33-51(64)38-41)50-36-31-46(32-37-50)62-65-61(45-27-25-43(26-28-45)42-14-4-3-5-15-42)66-63(67-62)59-52-18-8-6-16-47(52)39-48-17-7-9-19-53(48)59/h3-23,25-32,34-37,39,41,51H,24,33,38,40H2,1-2H3. The van der Waals surface area contributed by atoms with Crippen LogP contribution in [0.5, 0.6) is 0 Å². The van der Waals surface area contributed by atoms with Crippen molar-refractivity contribution in [3.05, 3.63) is 217 Å². The smallest absolute Gasteiger partial charge is 0.165 e. The molecule has 0 aliphatic heterocycles. The van der Waals surface area contributed by atoms with E-state index < -0.39 is 7.14 Å². The molecule has 4 nitrogen and oxygen atoms in total. The molecule has 2 aliphatic carbocycles. The lowest BCUT2D eigenvalue weighted by atomic mass is 9.64. The Hall–Kier alpha value is -7.52. The van der Waals surface area contributed by atoms with Crippen molar-refractivity contribution in [1.82, 2.24) is 15.0 Å². The Kier molecular flexibility index (Phi) is 9.86. The van der Waals surface area contributed by atoms with Gasteiger partial charge in [0.2, 0.25) is 0 Å². The molecule has 11 aromatic rings. The van der Waals surface area contributed by atoms with E-state index in [9.17, 15) is 4.57 Å². The van der Waals surface area contributed by atoms with Gasteiger partial charge in [-0.15, -0.1) is 0 Å². The summed E-state index contributed by atoms with van der Waals surface area (Å²) in [6, 6.07) is 74.2. The summed E-state index contributed by atoms with van der Waals surface area (Å²) in [7, 11) is -2.59. The molecular weight excluding hydrogens is 858 g/mol. The Bertz CT molecular complexity index is 3730. The second-order valence-corrected chi connectivity index (χ2v) is 23.0. The highest BCUT2D eigenvalue weighted by Gasteiger charge is 2.52. The Balaban J connectivity index is 0.928. The fourth-order valence-electron chi connectivity index (χ4n) is 12.5. The van der Waals surface area contributed by atoms with Crippen LogP contribution >= 0.6 is 7.14 Å². The number of benzene rings is 10. The predicted molar refractivity (Wildman–Crippen MR) is 289 cm³/mol. The van der Waals surface area contributed by atoms with Gasteiger partial charge in [-0.2, -0.15) is 0 Å². The molecule has 0 radical (unpaired) electrons. The van der Waals surface area contributed by atoms with Gasteiger partial charge in [-0.25, -0.2) is 15.0 Å². The molecule has 1 aromatic heterocycles. The van der Waals surface area contributed by atoms with Crippen molar-refractivity contribution in [1.29, 1.82) is 0 Å². The van der Waals surface area contributed by atoms with E-state index in [-0.39, 0.29) is 5.41 Å². The molecule has 0 amide bonds. The second-order valence-electron chi connectivity index (χ2n) is 19.8. The summed E-state index contributed by atoms with van der Waals surface area (Å²) in [5.74, 6) is 3.25. The zero-order chi connectivity index (χ0) is 46.3. The minimum Gasteiger partial charge on any atom is -0.319 e. The lowest BCUT2D eigenvalue weighted by molar-refractivity contribution is 0.320. The number of fused-ring (bicyclic) bond motifs is 6. The second kappa shape index (κ2) is 16.3. The van der Waals surface area contributed by atoms with E-state index in [0.29, 0.717) is 29.3 Å². The van der Waals surface area contributed by atoms with E-state index in [1.54, 1.807) is 0 Å². The summed E-state index contributed by atoms with van der Waals surface area (Å²) < 4.78 is 13.9. The van der Waals surface area contributed by atoms with Gasteiger partial charge < -0.3 is 4.57 Å². The summed E-state index contributed by atoms with van der Waals surface area (Å²) in [4.78, 5) is 15.9. The predicted octanol–water partition coefficient (Wildman–Crippen LogP) is 16.2. The number of hydrogen-bond donors (Lipinski definition) is 0. The highest BCUT2D eigenvalue weighted by atomic mass is 31.2. The first-order chi connectivity index (χ1) is 33.8. The van der Waals surface area contributed by atoms with Gasteiger partial charge in [-0.3, -0.25) is 0 Å². The van der Waals surface area contributed by atoms with Crippen LogP contribution in [0, 0.1) is 11.8 Å². The Morgan fingerprint density at radius 2 is 0.855 bits per heavy atom. The van der Waals surface area contributed by atoms with Gasteiger partial charge >= 0.3 is 0 Å². The van der Waals surface area contributed by atoms with E-state index in [1.165, 1.54) is 47.1 Å². The first kappa shape index (κ1) is 41.7. The average molecular weight is 908 g/mol. The van der Waals surface area contributed by atoms with Crippen LogP contribution in [-0.4, -0.2) is 28.3 Å². The molecule has 2 fully saturated rings. The SMILES string of the molecule is CP(C)(=O)c1c2ccccc2c(-c2ccc(C3(c4ccc(-c5nc(-c6ccc(-c7ccccc7)cc6)nc(-c6c7ccccc7cc7ccccc67)n5)cc4)CC4CCC3C4)cc2)c2ccccc12. The summed E-state index contributed by atoms with van der Waals surface area (Å²) in [5, 5.41) is 9.97. The molecule has 2 saturated carbocycles. The summed E-state index contributed by atoms with van der Waals surface area (Å²) in [6.45, 7) is 3.80. The van der Waals surface area contributed by atoms with Crippen LogP contribution in [0.25, 0.3) is 99.5 Å². The van der Waals surface area contributed by atoms with E-state index in [4.69, 9.17) is 15.0 Å². The number of rotatable bonds is 8. The highest BCUT2D eigenvalue weighted by molar-refractivity contribution is 7.71. The largest absolute Gasteiger partial charge is 0.319 e. The summed E-state index contributed by atoms with van der Waals surface area (Å²) in [5.41, 5.74) is 10.3. The van der Waals surface area contributed by atoms with Crippen LogP contribution in [0.15, 0.2) is 206 Å². The maximum Gasteiger partial charge on any atom is 0.165 e. The fourth-order valence-corrected chi connectivity index (χ4v) is 14.0. The van der Waals surface area contributed by atoms with Gasteiger partial charge in [0.1, 0.15) is 7.14 Å². The van der Waals surface area contributed by atoms with Gasteiger partial charge in [0.05, 0.1) is 0 Å². The molecule has 1 heterocycles. The van der Waals surface area contributed by atoms with Crippen molar-refractivity contribution in [3.63, 3.8) is 0 Å². The quantitative estimate of drug-likeness (QED) is 0.113. The van der Waals surface area contributed by atoms with E-state index in [1.807, 2.05) is 19.4 Å². The van der Waals surface area contributed by atoms with Crippen molar-refractivity contribution < 1.29 is 4.57 Å². The van der Waals surface area contributed by atoms with Gasteiger partial charge in [0.15, 0.2) is 17.5 Å². The first-order valence-corrected chi connectivity index (χ1v) is 26.9. The summed E-state index contributed by atoms with van der Waals surface area (Å²) >= 11 is 0. The Labute approximate surface area is 403 Å². The van der Waals surface area contributed by atoms with Crippen LogP contribution in [0.3, 0.4) is 0 Å². The molecule has 3 unspecified atom stereocenters. The third kappa shape index (κ3) is 6.95. The van der Waals surface area contributed by atoms with E-state index in [2.05, 4.69) is 200 Å². The van der Waals surface area contributed by atoms with Crippen molar-refractivity contribution in [2.24, 2.45) is 11.8 Å². The number of aromatic nitrogens is 3. The van der Waals surface area contributed by atoms with Crippen LogP contribution in [-0.2, 0) is 9.98 Å². The molecule has 69 heavy (non-hydrogen) atoms. The third-order valence-corrected chi connectivity index (χ3v) is 17.1. The maximum atomic E-state index is 13.9. The topological polar surface area (TPSA) is 55.7 Å². The van der Waals surface area contributed by atoms with Crippen LogP contribution in [0.1, 0.15) is 36.8 Å². The van der Waals surface area contributed by atoms with Gasteiger partial charge in [0.25, 0.3) is 0 Å². The Morgan fingerprint density at radius 1 is 0.420 bits per heavy atom. The molecule has 0 saturated heterocycles. The average Bonchev–Trinajstić information content (AvgIpc) is 4.03. The molecule has 332 valence electrons. The van der Waals surface area contributed by atoms with Crippen molar-refractivity contribution in [3.8, 4) is 56.4 Å². The monoisotopic (exact) mass is 907 g/mol. The molecule has 0 spiro atoms. The molecular formula is C64H50N3OP. The zero-order valence-corrected chi connectivity index (χ0v) is 39.7. The van der Waals surface area contributed by atoms with Crippen LogP contribution < -0.4 is 5.30 Å². The third-order valence-electron chi connectivity index (χ3n) is 15.5. The van der Waals surface area contributed by atoms with Gasteiger partial charge in [0, 0.05) is 27.4 Å². The zero-order valence-electron chi connectivity index (χ0n) is 38.8. The van der Waals surface area contributed by atoms with Crippen molar-refractivity contribution in [2.75, 3.05) is 13.3 Å². The molecule has 10 aromatic carbocycles. The summed E-state index contributed by atoms with van der Waals surface area (Å²) in [6.07, 6.45) is 4.95. The Morgan fingerprint density at radius 3 is 1.36 bits per heavy atom. The molecule has 2 aliphatic rings. The number of nitrogens with zero attached hydrogens (tertiary/aromatic N) is 3. The molecule has 5 heteroatoms. The van der Waals surface area contributed by atoms with Crippen molar-refractivity contribution >= 4 is 55.5 Å². The molecule has 3 atom stereocenters. The fraction of sp³-hybridized carbons (Fsp3) is 0.141. The van der Waals surface area contributed by atoms with E-state index in [0.717, 1.165) is 77.1 Å². The van der Waals surface area contributed by atoms with Crippen LogP contribution in [0.4, 0.5) is 0 Å². The van der Waals surface area contributed by atoms with Gasteiger partial charge in [-0.05, 0) is 127 Å². The first-order valence-electron chi connectivity index (χ1n) is 24.3. The lowest BCUT2D eigenvalue weighted by Gasteiger charge is -2.39. The molecule has 13 rings (SSSR count). The number of hydrogen-bond acceptors (Lipinski definition) is 4. The minimum absolute atomic E-state index is 0.0944. The van der Waals surface area contributed by atoms with Crippen LogP contribution in [0.2, 0.25) is 0 Å². The van der Waals surface area contributed by atoms with E-state index >= 15 is 0 Å². The van der Waals surface area contributed by atoms with Crippen molar-refractivity contribution in [2.45, 2.75) is 31.1 Å². The minimum atomic E-state index is -2.59. The normalized spacial score (nSPS) is 17.9. The lowest BCUT2D eigenvalue weighted by Crippen LogP contribution is -2.34. The molecule has 2 bridgehead atoms. The molecule has 0 N–H and O–H groups in total. The maximum absolute atomic E-state index is 13.9. The van der Waals surface area contributed by atoms with Gasteiger partial charge in [-0.1, -0.05) is 207 Å².